The van der Waals surface area contributed by atoms with Crippen LogP contribution >= 0.6 is 0 Å². The monoisotopic (exact) mass is 312 g/mol. The standard InChI is InChI=1S/C18H20N2O3/c1-23-15-6-4-5-14(13-15)19-9-11-20(12-10-19)18(22)16-7-2-3-8-17(16)21/h2-8,13,21H,9-12H2,1H3. The minimum absolute atomic E-state index is 0.0349. The van der Waals surface area contributed by atoms with Crippen LogP contribution in [0.25, 0.3) is 0 Å². The maximum atomic E-state index is 12.5. The zero-order chi connectivity index (χ0) is 16.2. The number of carbonyl (C=O) groups is 1. The highest BCUT2D eigenvalue weighted by Gasteiger charge is 2.23. The van der Waals surface area contributed by atoms with E-state index in [1.807, 2.05) is 24.3 Å². The Morgan fingerprint density at radius 1 is 1.04 bits per heavy atom. The summed E-state index contributed by atoms with van der Waals surface area (Å²) in [4.78, 5) is 16.5. The molecule has 0 radical (unpaired) electrons. The minimum atomic E-state index is -0.117. The molecular weight excluding hydrogens is 292 g/mol. The molecule has 1 aliphatic heterocycles. The number of hydrogen-bond donors (Lipinski definition) is 1. The number of phenols is 1. The highest BCUT2D eigenvalue weighted by atomic mass is 16.5. The topological polar surface area (TPSA) is 53.0 Å². The fourth-order valence-electron chi connectivity index (χ4n) is 2.80. The summed E-state index contributed by atoms with van der Waals surface area (Å²) < 4.78 is 5.26. The molecule has 5 heteroatoms. The van der Waals surface area contributed by atoms with Crippen molar-refractivity contribution in [3.63, 3.8) is 0 Å². The van der Waals surface area contributed by atoms with E-state index in [1.54, 1.807) is 36.3 Å². The number of aromatic hydroxyl groups is 1. The first-order chi connectivity index (χ1) is 11.2. The van der Waals surface area contributed by atoms with Crippen molar-refractivity contribution >= 4 is 11.6 Å². The molecule has 1 heterocycles. The van der Waals surface area contributed by atoms with Gasteiger partial charge in [0.1, 0.15) is 11.5 Å². The highest BCUT2D eigenvalue weighted by molar-refractivity contribution is 5.96. The number of ether oxygens (including phenoxy) is 1. The molecule has 1 fully saturated rings. The van der Waals surface area contributed by atoms with Gasteiger partial charge < -0.3 is 19.6 Å². The summed E-state index contributed by atoms with van der Waals surface area (Å²) in [6.07, 6.45) is 0. The Hall–Kier alpha value is -2.69. The van der Waals surface area contributed by atoms with Crippen LogP contribution in [0.1, 0.15) is 10.4 Å². The first-order valence-corrected chi connectivity index (χ1v) is 7.65. The van der Waals surface area contributed by atoms with E-state index in [4.69, 9.17) is 4.74 Å². The van der Waals surface area contributed by atoms with Crippen molar-refractivity contribution in [2.75, 3.05) is 38.2 Å². The summed E-state index contributed by atoms with van der Waals surface area (Å²) in [6.45, 7) is 2.77. The lowest BCUT2D eigenvalue weighted by atomic mass is 10.1. The molecule has 0 unspecified atom stereocenters. The van der Waals surface area contributed by atoms with E-state index in [0.717, 1.165) is 24.5 Å². The van der Waals surface area contributed by atoms with Crippen molar-refractivity contribution in [1.29, 1.82) is 0 Å². The fraction of sp³-hybridized carbons (Fsp3) is 0.278. The third-order valence-corrected chi connectivity index (χ3v) is 4.12. The van der Waals surface area contributed by atoms with Gasteiger partial charge in [-0.25, -0.2) is 0 Å². The number of hydrogen-bond acceptors (Lipinski definition) is 4. The van der Waals surface area contributed by atoms with Crippen molar-refractivity contribution < 1.29 is 14.6 Å². The summed E-state index contributed by atoms with van der Waals surface area (Å²) in [5.41, 5.74) is 1.46. The molecule has 23 heavy (non-hydrogen) atoms. The quantitative estimate of drug-likeness (QED) is 0.945. The lowest BCUT2D eigenvalue weighted by Gasteiger charge is -2.36. The van der Waals surface area contributed by atoms with Gasteiger partial charge in [-0.05, 0) is 24.3 Å². The zero-order valence-electron chi connectivity index (χ0n) is 13.1. The summed E-state index contributed by atoms with van der Waals surface area (Å²) >= 11 is 0. The summed E-state index contributed by atoms with van der Waals surface area (Å²) in [5.74, 6) is 0.747. The Balaban J connectivity index is 1.66. The van der Waals surface area contributed by atoms with Crippen molar-refractivity contribution in [3.8, 4) is 11.5 Å². The van der Waals surface area contributed by atoms with Crippen LogP contribution in [-0.2, 0) is 0 Å². The Morgan fingerprint density at radius 2 is 1.78 bits per heavy atom. The minimum Gasteiger partial charge on any atom is -0.507 e. The lowest BCUT2D eigenvalue weighted by Crippen LogP contribution is -2.48. The average molecular weight is 312 g/mol. The van der Waals surface area contributed by atoms with Crippen LogP contribution in [0.4, 0.5) is 5.69 Å². The Bertz CT molecular complexity index is 694. The normalized spacial score (nSPS) is 14.7. The molecule has 1 saturated heterocycles. The number of methoxy groups -OCH3 is 1. The van der Waals surface area contributed by atoms with E-state index in [2.05, 4.69) is 4.90 Å². The molecule has 120 valence electrons. The van der Waals surface area contributed by atoms with Gasteiger partial charge in [-0.15, -0.1) is 0 Å². The smallest absolute Gasteiger partial charge is 0.257 e. The zero-order valence-corrected chi connectivity index (χ0v) is 13.1. The molecule has 0 atom stereocenters. The Labute approximate surface area is 135 Å². The fourth-order valence-corrected chi connectivity index (χ4v) is 2.80. The van der Waals surface area contributed by atoms with Crippen LogP contribution in [0.3, 0.4) is 0 Å². The maximum Gasteiger partial charge on any atom is 0.257 e. The van der Waals surface area contributed by atoms with E-state index in [1.165, 1.54) is 0 Å². The molecule has 2 aromatic carbocycles. The first kappa shape index (κ1) is 15.2. The van der Waals surface area contributed by atoms with Crippen molar-refractivity contribution in [2.24, 2.45) is 0 Å². The molecule has 5 nitrogen and oxygen atoms in total. The number of amides is 1. The number of nitrogens with zero attached hydrogens (tertiary/aromatic N) is 2. The lowest BCUT2D eigenvalue weighted by molar-refractivity contribution is 0.0743. The van der Waals surface area contributed by atoms with E-state index >= 15 is 0 Å². The van der Waals surface area contributed by atoms with E-state index in [9.17, 15) is 9.90 Å². The second-order valence-corrected chi connectivity index (χ2v) is 5.50. The van der Waals surface area contributed by atoms with Gasteiger partial charge >= 0.3 is 0 Å². The van der Waals surface area contributed by atoms with Crippen LogP contribution in [0.15, 0.2) is 48.5 Å². The number of para-hydroxylation sites is 1. The van der Waals surface area contributed by atoms with Gasteiger partial charge in [0, 0.05) is 37.9 Å². The Morgan fingerprint density at radius 3 is 2.48 bits per heavy atom. The van der Waals surface area contributed by atoms with Crippen LogP contribution in [0, 0.1) is 0 Å². The SMILES string of the molecule is COc1cccc(N2CCN(C(=O)c3ccccc3O)CC2)c1. The maximum absolute atomic E-state index is 12.5. The average Bonchev–Trinajstić information content (AvgIpc) is 2.62. The molecule has 0 saturated carbocycles. The predicted molar refractivity (Wildman–Crippen MR) is 89.2 cm³/mol. The van der Waals surface area contributed by atoms with E-state index < -0.39 is 0 Å². The third kappa shape index (κ3) is 3.23. The first-order valence-electron chi connectivity index (χ1n) is 7.65. The highest BCUT2D eigenvalue weighted by Crippen LogP contribution is 2.23. The van der Waals surface area contributed by atoms with Crippen LogP contribution in [-0.4, -0.2) is 49.2 Å². The summed E-state index contributed by atoms with van der Waals surface area (Å²) in [7, 11) is 1.65. The second kappa shape index (κ2) is 6.60. The molecule has 0 spiro atoms. The molecule has 0 bridgehead atoms. The van der Waals surface area contributed by atoms with Gasteiger partial charge in [0.05, 0.1) is 12.7 Å². The number of benzene rings is 2. The van der Waals surface area contributed by atoms with Crippen LogP contribution < -0.4 is 9.64 Å². The van der Waals surface area contributed by atoms with E-state index in [0.29, 0.717) is 18.7 Å². The number of carbonyl (C=O) groups excluding carboxylic acids is 1. The summed E-state index contributed by atoms with van der Waals surface area (Å²) in [5, 5.41) is 9.83. The molecule has 1 N–H and O–H groups in total. The van der Waals surface area contributed by atoms with E-state index in [-0.39, 0.29) is 11.7 Å². The summed E-state index contributed by atoms with van der Waals surface area (Å²) in [6, 6.07) is 14.6. The Kier molecular flexibility index (Phi) is 4.37. The predicted octanol–water partition coefficient (Wildman–Crippen LogP) is 2.36. The van der Waals surface area contributed by atoms with Gasteiger partial charge in [0.2, 0.25) is 0 Å². The van der Waals surface area contributed by atoms with Gasteiger partial charge in [-0.2, -0.15) is 0 Å². The second-order valence-electron chi connectivity index (χ2n) is 5.50. The van der Waals surface area contributed by atoms with Crippen molar-refractivity contribution in [2.45, 2.75) is 0 Å². The number of piperazine rings is 1. The van der Waals surface area contributed by atoms with Crippen LogP contribution in [0.5, 0.6) is 11.5 Å². The van der Waals surface area contributed by atoms with Crippen LogP contribution in [0.2, 0.25) is 0 Å². The molecule has 0 aliphatic carbocycles. The molecule has 3 rings (SSSR count). The largest absolute Gasteiger partial charge is 0.507 e. The van der Waals surface area contributed by atoms with Gasteiger partial charge in [0.15, 0.2) is 0 Å². The van der Waals surface area contributed by atoms with Gasteiger partial charge in [-0.3, -0.25) is 4.79 Å². The van der Waals surface area contributed by atoms with Gasteiger partial charge in [-0.1, -0.05) is 18.2 Å². The molecule has 1 amide bonds. The molecule has 2 aromatic rings. The van der Waals surface area contributed by atoms with Crippen molar-refractivity contribution in [3.05, 3.63) is 54.1 Å². The number of anilines is 1. The number of rotatable bonds is 3. The third-order valence-electron chi connectivity index (χ3n) is 4.12. The number of phenolic OH excluding ortho intramolecular Hbond substituents is 1. The van der Waals surface area contributed by atoms with Crippen molar-refractivity contribution in [1.82, 2.24) is 4.90 Å². The van der Waals surface area contributed by atoms with Gasteiger partial charge in [0.25, 0.3) is 5.91 Å². The molecule has 0 aromatic heterocycles. The molecule has 1 aliphatic rings. The molecular formula is C18H20N2O3.